The van der Waals surface area contributed by atoms with Crippen molar-refractivity contribution in [2.24, 2.45) is 0 Å². The van der Waals surface area contributed by atoms with Crippen LogP contribution in [-0.4, -0.2) is 17.2 Å². The number of H-pyrrole nitrogens is 1. The van der Waals surface area contributed by atoms with Crippen molar-refractivity contribution in [1.29, 1.82) is 0 Å². The molecule has 0 radical (unpaired) electrons. The molecule has 0 unspecified atom stereocenters. The molecule has 0 saturated carbocycles. The Balaban J connectivity index is 2.22. The van der Waals surface area contributed by atoms with Gasteiger partial charge in [0.2, 0.25) is 0 Å². The Bertz CT molecular complexity index is 942. The molecule has 0 aliphatic rings. The van der Waals surface area contributed by atoms with E-state index in [0.29, 0.717) is 27.0 Å². The molecule has 0 aliphatic carbocycles. The maximum absolute atomic E-state index is 11.8. The van der Waals surface area contributed by atoms with Gasteiger partial charge < -0.3 is 9.84 Å². The highest BCUT2D eigenvalue weighted by molar-refractivity contribution is 7.15. The Hall–Kier alpha value is -2.60. The lowest BCUT2D eigenvalue weighted by Crippen LogP contribution is -2.15. The van der Waals surface area contributed by atoms with Crippen molar-refractivity contribution in [3.05, 3.63) is 56.4 Å². The Morgan fingerprint density at radius 2 is 1.95 bits per heavy atom. The van der Waals surface area contributed by atoms with Gasteiger partial charge in [-0.3, -0.25) is 14.6 Å². The van der Waals surface area contributed by atoms with Crippen LogP contribution >= 0.6 is 11.3 Å². The van der Waals surface area contributed by atoms with Crippen LogP contribution in [0.5, 0.6) is 11.5 Å². The number of benzene rings is 2. The Morgan fingerprint density at radius 1 is 1.14 bits per heavy atom. The van der Waals surface area contributed by atoms with E-state index in [-0.39, 0.29) is 10.6 Å². The summed E-state index contributed by atoms with van der Waals surface area (Å²) in [5, 5.41) is 10.5. The maximum atomic E-state index is 11.8. The lowest BCUT2D eigenvalue weighted by Gasteiger charge is -2.07. The first-order valence-corrected chi connectivity index (χ1v) is 6.95. The minimum Gasteiger partial charge on any atom is -0.507 e. The third-order valence-corrected chi connectivity index (χ3v) is 4.02. The van der Waals surface area contributed by atoms with Gasteiger partial charge >= 0.3 is 4.87 Å². The number of aromatic nitrogens is 1. The Morgan fingerprint density at radius 3 is 2.67 bits per heavy atom. The summed E-state index contributed by atoms with van der Waals surface area (Å²) >= 11 is 0.976. The second-order valence-corrected chi connectivity index (χ2v) is 5.45. The van der Waals surface area contributed by atoms with Crippen LogP contribution in [0.25, 0.3) is 21.2 Å². The average Bonchev–Trinajstić information content (AvgIpc) is 2.47. The molecule has 1 aromatic heterocycles. The fourth-order valence-corrected chi connectivity index (χ4v) is 2.87. The molecule has 6 heteroatoms. The SMILES string of the molecule is COc1ccc(-c2ccc3sc(=O)[nH]c(=O)c3c2)c(O)c1. The highest BCUT2D eigenvalue weighted by Crippen LogP contribution is 2.33. The van der Waals surface area contributed by atoms with Crippen LogP contribution in [0.3, 0.4) is 0 Å². The first-order chi connectivity index (χ1) is 10.1. The van der Waals surface area contributed by atoms with Crippen molar-refractivity contribution in [2.75, 3.05) is 7.11 Å². The van der Waals surface area contributed by atoms with Crippen LogP contribution in [0, 0.1) is 0 Å². The molecule has 106 valence electrons. The summed E-state index contributed by atoms with van der Waals surface area (Å²) in [6.45, 7) is 0. The summed E-state index contributed by atoms with van der Waals surface area (Å²) < 4.78 is 5.65. The molecule has 0 aliphatic heterocycles. The Labute approximate surface area is 123 Å². The van der Waals surface area contributed by atoms with Crippen molar-refractivity contribution in [3.8, 4) is 22.6 Å². The van der Waals surface area contributed by atoms with Gasteiger partial charge in [-0.15, -0.1) is 0 Å². The van der Waals surface area contributed by atoms with Gasteiger partial charge in [-0.1, -0.05) is 17.4 Å². The smallest absolute Gasteiger partial charge is 0.307 e. The van der Waals surface area contributed by atoms with Crippen molar-refractivity contribution in [1.82, 2.24) is 4.98 Å². The van der Waals surface area contributed by atoms with Gasteiger partial charge in [-0.05, 0) is 29.8 Å². The first kappa shape index (κ1) is 13.4. The summed E-state index contributed by atoms with van der Waals surface area (Å²) in [7, 11) is 1.52. The Kier molecular flexibility index (Phi) is 3.23. The van der Waals surface area contributed by atoms with Gasteiger partial charge in [0.05, 0.1) is 12.5 Å². The van der Waals surface area contributed by atoms with Crippen LogP contribution in [0.15, 0.2) is 46.0 Å². The zero-order chi connectivity index (χ0) is 15.0. The average molecular weight is 301 g/mol. The summed E-state index contributed by atoms with van der Waals surface area (Å²) in [6, 6.07) is 10.1. The second-order valence-electron chi connectivity index (χ2n) is 4.44. The molecule has 3 rings (SSSR count). The minimum atomic E-state index is -0.427. The molecule has 2 aromatic carbocycles. The molecule has 0 fully saturated rings. The van der Waals surface area contributed by atoms with E-state index >= 15 is 0 Å². The van der Waals surface area contributed by atoms with E-state index in [9.17, 15) is 14.7 Å². The van der Waals surface area contributed by atoms with Crippen LogP contribution in [0.2, 0.25) is 0 Å². The molecule has 0 saturated heterocycles. The number of phenolic OH excluding ortho intramolecular Hbond substituents is 1. The number of fused-ring (bicyclic) bond motifs is 1. The number of phenols is 1. The maximum Gasteiger partial charge on any atom is 0.307 e. The number of aromatic amines is 1. The molecule has 0 atom stereocenters. The third-order valence-electron chi connectivity index (χ3n) is 3.16. The molecule has 2 N–H and O–H groups in total. The number of hydrogen-bond acceptors (Lipinski definition) is 5. The molecule has 5 nitrogen and oxygen atoms in total. The van der Waals surface area contributed by atoms with E-state index in [1.165, 1.54) is 13.2 Å². The molecule has 3 aromatic rings. The molecular weight excluding hydrogens is 290 g/mol. The lowest BCUT2D eigenvalue weighted by atomic mass is 10.0. The van der Waals surface area contributed by atoms with Gasteiger partial charge in [-0.2, -0.15) is 0 Å². The van der Waals surface area contributed by atoms with Gasteiger partial charge in [0, 0.05) is 16.3 Å². The van der Waals surface area contributed by atoms with Crippen molar-refractivity contribution >= 4 is 21.4 Å². The van der Waals surface area contributed by atoms with Crippen LogP contribution in [-0.2, 0) is 0 Å². The predicted molar refractivity (Wildman–Crippen MR) is 82.4 cm³/mol. The highest BCUT2D eigenvalue weighted by atomic mass is 32.1. The van der Waals surface area contributed by atoms with E-state index < -0.39 is 5.56 Å². The number of hydrogen-bond donors (Lipinski definition) is 2. The second kappa shape index (κ2) is 5.06. The molecule has 21 heavy (non-hydrogen) atoms. The van der Waals surface area contributed by atoms with E-state index in [2.05, 4.69) is 4.98 Å². The number of methoxy groups -OCH3 is 1. The molecule has 0 amide bonds. The number of nitrogens with one attached hydrogen (secondary N) is 1. The zero-order valence-corrected chi connectivity index (χ0v) is 11.9. The first-order valence-electron chi connectivity index (χ1n) is 6.13. The molecule has 0 spiro atoms. The van der Waals surface area contributed by atoms with Gasteiger partial charge in [0.15, 0.2) is 0 Å². The van der Waals surface area contributed by atoms with Gasteiger partial charge in [0.1, 0.15) is 11.5 Å². The number of rotatable bonds is 2. The van der Waals surface area contributed by atoms with Crippen LogP contribution in [0.1, 0.15) is 0 Å². The van der Waals surface area contributed by atoms with E-state index in [1.807, 2.05) is 0 Å². The quantitative estimate of drug-likeness (QED) is 0.761. The van der Waals surface area contributed by atoms with Crippen molar-refractivity contribution in [3.63, 3.8) is 0 Å². The van der Waals surface area contributed by atoms with E-state index in [0.717, 1.165) is 11.3 Å². The van der Waals surface area contributed by atoms with Gasteiger partial charge in [0.25, 0.3) is 5.56 Å². The lowest BCUT2D eigenvalue weighted by molar-refractivity contribution is 0.408. The van der Waals surface area contributed by atoms with Gasteiger partial charge in [-0.25, -0.2) is 0 Å². The summed E-state index contributed by atoms with van der Waals surface area (Å²) in [6.07, 6.45) is 0. The number of aromatic hydroxyl groups is 1. The van der Waals surface area contributed by atoms with Crippen LogP contribution in [0.4, 0.5) is 0 Å². The van der Waals surface area contributed by atoms with E-state index in [4.69, 9.17) is 4.74 Å². The fraction of sp³-hybridized carbons (Fsp3) is 0.0667. The normalized spacial score (nSPS) is 10.7. The monoisotopic (exact) mass is 301 g/mol. The minimum absolute atomic E-state index is 0.0641. The predicted octanol–water partition coefficient (Wildman–Crippen LogP) is 2.33. The molecule has 1 heterocycles. The molecular formula is C15H11NO4S. The zero-order valence-electron chi connectivity index (χ0n) is 11.0. The number of ether oxygens (including phenoxy) is 1. The third kappa shape index (κ3) is 2.41. The summed E-state index contributed by atoms with van der Waals surface area (Å²) in [5.74, 6) is 0.613. The largest absolute Gasteiger partial charge is 0.507 e. The van der Waals surface area contributed by atoms with Crippen LogP contribution < -0.4 is 15.2 Å². The summed E-state index contributed by atoms with van der Waals surface area (Å²) in [5.41, 5.74) is 0.857. The standard InChI is InChI=1S/C15H11NO4S/c1-20-9-3-4-10(12(17)7-9)8-2-5-13-11(6-8)14(18)16-15(19)21-13/h2-7,17H,1H3,(H,16,18,19). The highest BCUT2D eigenvalue weighted by Gasteiger charge is 2.08. The fourth-order valence-electron chi connectivity index (χ4n) is 2.13. The van der Waals surface area contributed by atoms with E-state index in [1.54, 1.807) is 30.3 Å². The van der Waals surface area contributed by atoms with Crippen molar-refractivity contribution in [2.45, 2.75) is 0 Å². The van der Waals surface area contributed by atoms with Crippen molar-refractivity contribution < 1.29 is 9.84 Å². The summed E-state index contributed by atoms with van der Waals surface area (Å²) in [4.78, 5) is 25.0. The topological polar surface area (TPSA) is 79.4 Å². The molecule has 0 bridgehead atoms.